The molecule has 0 aromatic heterocycles. The third-order valence-corrected chi connectivity index (χ3v) is 4.89. The lowest BCUT2D eigenvalue weighted by molar-refractivity contribution is 0.0357. The fourth-order valence-corrected chi connectivity index (χ4v) is 3.79. The maximum atomic E-state index is 12.3. The van der Waals surface area contributed by atoms with Gasteiger partial charge in [0.15, 0.2) is 0 Å². The quantitative estimate of drug-likeness (QED) is 0.847. The molecule has 2 rings (SSSR count). The number of ether oxygens (including phenoxy) is 1. The van der Waals surface area contributed by atoms with Crippen molar-refractivity contribution in [2.45, 2.75) is 11.8 Å². The molecule has 1 unspecified atom stereocenters. The van der Waals surface area contributed by atoms with Crippen LogP contribution in [0.2, 0.25) is 0 Å². The third-order valence-electron chi connectivity index (χ3n) is 2.99. The maximum absolute atomic E-state index is 12.3. The SMILES string of the molecule is NCC1COCCN1S(=O)(=O)Cc1ccccc1. The number of nitrogens with zero attached hydrogens (tertiary/aromatic N) is 1. The van der Waals surface area contributed by atoms with E-state index < -0.39 is 10.0 Å². The lowest BCUT2D eigenvalue weighted by atomic mass is 10.2. The molecule has 0 spiro atoms. The van der Waals surface area contributed by atoms with Gasteiger partial charge in [-0.15, -0.1) is 0 Å². The largest absolute Gasteiger partial charge is 0.378 e. The van der Waals surface area contributed by atoms with E-state index >= 15 is 0 Å². The Morgan fingerprint density at radius 3 is 2.72 bits per heavy atom. The maximum Gasteiger partial charge on any atom is 0.218 e. The molecule has 0 aliphatic carbocycles. The highest BCUT2D eigenvalue weighted by atomic mass is 32.2. The first-order valence-corrected chi connectivity index (χ1v) is 7.55. The van der Waals surface area contributed by atoms with Crippen LogP contribution in [0.15, 0.2) is 30.3 Å². The highest BCUT2D eigenvalue weighted by molar-refractivity contribution is 7.88. The summed E-state index contributed by atoms with van der Waals surface area (Å²) in [5, 5.41) is 0. The van der Waals surface area contributed by atoms with Gasteiger partial charge in [-0.25, -0.2) is 8.42 Å². The van der Waals surface area contributed by atoms with Gasteiger partial charge < -0.3 is 10.5 Å². The Hall–Kier alpha value is -0.950. The molecule has 1 aliphatic heterocycles. The van der Waals surface area contributed by atoms with Crippen LogP contribution >= 0.6 is 0 Å². The molecular weight excluding hydrogens is 252 g/mol. The van der Waals surface area contributed by atoms with E-state index in [0.29, 0.717) is 19.8 Å². The summed E-state index contributed by atoms with van der Waals surface area (Å²) >= 11 is 0. The van der Waals surface area contributed by atoms with Crippen LogP contribution in [-0.2, 0) is 20.5 Å². The van der Waals surface area contributed by atoms with Crippen LogP contribution in [0, 0.1) is 0 Å². The van der Waals surface area contributed by atoms with E-state index in [2.05, 4.69) is 0 Å². The molecule has 0 bridgehead atoms. The number of hydrogen-bond acceptors (Lipinski definition) is 4. The summed E-state index contributed by atoms with van der Waals surface area (Å²) in [7, 11) is -3.32. The molecule has 1 heterocycles. The Balaban J connectivity index is 2.14. The van der Waals surface area contributed by atoms with Gasteiger partial charge in [0.25, 0.3) is 0 Å². The minimum absolute atomic E-state index is 0.0182. The van der Waals surface area contributed by atoms with E-state index in [4.69, 9.17) is 10.5 Å². The van der Waals surface area contributed by atoms with Crippen LogP contribution < -0.4 is 5.73 Å². The van der Waals surface area contributed by atoms with Crippen LogP contribution in [0.3, 0.4) is 0 Å². The molecule has 6 heteroatoms. The Labute approximate surface area is 108 Å². The van der Waals surface area contributed by atoms with Gasteiger partial charge in [-0.2, -0.15) is 4.31 Å². The number of nitrogens with two attached hydrogens (primary N) is 1. The molecule has 1 aromatic carbocycles. The van der Waals surface area contributed by atoms with E-state index in [-0.39, 0.29) is 18.3 Å². The summed E-state index contributed by atoms with van der Waals surface area (Å²) in [5.41, 5.74) is 6.39. The van der Waals surface area contributed by atoms with Crippen molar-refractivity contribution < 1.29 is 13.2 Å². The summed E-state index contributed by atoms with van der Waals surface area (Å²) in [6.45, 7) is 1.49. The van der Waals surface area contributed by atoms with Gasteiger partial charge in [-0.3, -0.25) is 0 Å². The standard InChI is InChI=1S/C12H18N2O3S/c13-8-12-9-17-7-6-14(12)18(15,16)10-11-4-2-1-3-5-11/h1-5,12H,6-10,13H2. The van der Waals surface area contributed by atoms with Gasteiger partial charge in [-0.05, 0) is 5.56 Å². The highest BCUT2D eigenvalue weighted by Gasteiger charge is 2.31. The monoisotopic (exact) mass is 270 g/mol. The molecule has 100 valence electrons. The summed E-state index contributed by atoms with van der Waals surface area (Å²) in [4.78, 5) is 0. The molecule has 18 heavy (non-hydrogen) atoms. The summed E-state index contributed by atoms with van der Waals surface area (Å²) in [6.07, 6.45) is 0. The molecule has 2 N–H and O–H groups in total. The molecule has 0 saturated carbocycles. The van der Waals surface area contributed by atoms with Crippen molar-refractivity contribution in [3.05, 3.63) is 35.9 Å². The molecule has 1 atom stereocenters. The zero-order valence-corrected chi connectivity index (χ0v) is 11.0. The second kappa shape index (κ2) is 5.79. The smallest absolute Gasteiger partial charge is 0.218 e. The molecule has 1 aromatic rings. The fraction of sp³-hybridized carbons (Fsp3) is 0.500. The minimum Gasteiger partial charge on any atom is -0.378 e. The van der Waals surface area contributed by atoms with Crippen LogP contribution in [0.4, 0.5) is 0 Å². The molecular formula is C12H18N2O3S. The Morgan fingerprint density at radius 1 is 1.33 bits per heavy atom. The average molecular weight is 270 g/mol. The lowest BCUT2D eigenvalue weighted by Gasteiger charge is -2.33. The fourth-order valence-electron chi connectivity index (χ4n) is 2.06. The molecule has 1 fully saturated rings. The number of rotatable bonds is 4. The number of benzene rings is 1. The highest BCUT2D eigenvalue weighted by Crippen LogP contribution is 2.16. The van der Waals surface area contributed by atoms with Crippen molar-refractivity contribution in [1.29, 1.82) is 0 Å². The van der Waals surface area contributed by atoms with Crippen molar-refractivity contribution in [3.63, 3.8) is 0 Å². The van der Waals surface area contributed by atoms with E-state index in [1.165, 1.54) is 4.31 Å². The Bertz CT molecular complexity index is 475. The van der Waals surface area contributed by atoms with Crippen molar-refractivity contribution in [2.75, 3.05) is 26.3 Å². The normalized spacial score (nSPS) is 21.9. The van der Waals surface area contributed by atoms with Crippen LogP contribution in [0.5, 0.6) is 0 Å². The summed E-state index contributed by atoms with van der Waals surface area (Å²) in [6, 6.07) is 8.93. The predicted molar refractivity (Wildman–Crippen MR) is 69.4 cm³/mol. The first-order valence-electron chi connectivity index (χ1n) is 5.95. The van der Waals surface area contributed by atoms with Crippen LogP contribution in [0.25, 0.3) is 0 Å². The van der Waals surface area contributed by atoms with Crippen molar-refractivity contribution in [3.8, 4) is 0 Å². The van der Waals surface area contributed by atoms with Gasteiger partial charge >= 0.3 is 0 Å². The third kappa shape index (κ3) is 3.08. The van der Waals surface area contributed by atoms with Gasteiger partial charge in [-0.1, -0.05) is 30.3 Å². The molecule has 0 radical (unpaired) electrons. The molecule has 5 nitrogen and oxygen atoms in total. The Morgan fingerprint density at radius 2 is 2.06 bits per heavy atom. The predicted octanol–water partition coefficient (Wildman–Crippen LogP) is 0.176. The molecule has 1 aliphatic rings. The van der Waals surface area contributed by atoms with Crippen LogP contribution in [0.1, 0.15) is 5.56 Å². The van der Waals surface area contributed by atoms with Crippen molar-refractivity contribution >= 4 is 10.0 Å². The topological polar surface area (TPSA) is 72.6 Å². The van der Waals surface area contributed by atoms with Crippen molar-refractivity contribution in [1.82, 2.24) is 4.31 Å². The van der Waals surface area contributed by atoms with Gasteiger partial charge in [0.05, 0.1) is 25.0 Å². The van der Waals surface area contributed by atoms with Gasteiger partial charge in [0.2, 0.25) is 10.0 Å². The molecule has 0 amide bonds. The second-order valence-electron chi connectivity index (χ2n) is 4.32. The number of morpholine rings is 1. The van der Waals surface area contributed by atoms with Crippen molar-refractivity contribution in [2.24, 2.45) is 5.73 Å². The van der Waals surface area contributed by atoms with E-state index in [9.17, 15) is 8.42 Å². The number of sulfonamides is 1. The molecule has 1 saturated heterocycles. The van der Waals surface area contributed by atoms with Gasteiger partial charge in [0, 0.05) is 13.1 Å². The summed E-state index contributed by atoms with van der Waals surface area (Å²) in [5.74, 6) is 0.0182. The van der Waals surface area contributed by atoms with Gasteiger partial charge in [0.1, 0.15) is 0 Å². The second-order valence-corrected chi connectivity index (χ2v) is 6.24. The first kappa shape index (κ1) is 13.5. The van der Waals surface area contributed by atoms with Crippen LogP contribution in [-0.4, -0.2) is 45.1 Å². The zero-order valence-electron chi connectivity index (χ0n) is 10.2. The first-order chi connectivity index (χ1) is 8.63. The average Bonchev–Trinajstić information content (AvgIpc) is 2.39. The number of hydrogen-bond donors (Lipinski definition) is 1. The Kier molecular flexibility index (Phi) is 4.34. The van der Waals surface area contributed by atoms with E-state index in [1.54, 1.807) is 0 Å². The minimum atomic E-state index is -3.32. The zero-order chi connectivity index (χ0) is 13.0. The van der Waals surface area contributed by atoms with E-state index in [0.717, 1.165) is 5.56 Å². The van der Waals surface area contributed by atoms with E-state index in [1.807, 2.05) is 30.3 Å². The summed E-state index contributed by atoms with van der Waals surface area (Å²) < 4.78 is 31.4. The lowest BCUT2D eigenvalue weighted by Crippen LogP contribution is -2.52.